The van der Waals surface area contributed by atoms with Crippen LogP contribution in [0.4, 0.5) is 5.69 Å². The first-order valence-corrected chi connectivity index (χ1v) is 10.5. The third-order valence-corrected chi connectivity index (χ3v) is 5.52. The number of H-pyrrole nitrogens is 1. The van der Waals surface area contributed by atoms with Crippen molar-refractivity contribution in [2.45, 2.75) is 6.04 Å². The van der Waals surface area contributed by atoms with Crippen LogP contribution in [0.25, 0.3) is 10.9 Å². The molecule has 0 aliphatic rings. The number of amides is 1. The highest BCUT2D eigenvalue weighted by Crippen LogP contribution is 2.33. The molecule has 3 aromatic carbocycles. The van der Waals surface area contributed by atoms with Gasteiger partial charge in [0, 0.05) is 23.0 Å². The van der Waals surface area contributed by atoms with E-state index >= 15 is 0 Å². The van der Waals surface area contributed by atoms with Gasteiger partial charge in [-0.15, -0.1) is 0 Å². The summed E-state index contributed by atoms with van der Waals surface area (Å²) in [6, 6.07) is 22.1. The fourth-order valence-corrected chi connectivity index (χ4v) is 3.89. The molecule has 0 spiro atoms. The summed E-state index contributed by atoms with van der Waals surface area (Å²) < 4.78 is 0. The number of benzene rings is 3. The molecule has 4 rings (SSSR count). The van der Waals surface area contributed by atoms with Crippen molar-refractivity contribution in [1.29, 1.82) is 0 Å². The van der Waals surface area contributed by atoms with E-state index in [2.05, 4.69) is 15.6 Å². The number of nitrogens with one attached hydrogen (secondary N) is 3. The van der Waals surface area contributed by atoms with Gasteiger partial charge in [0.1, 0.15) is 6.04 Å². The number of fused-ring (bicyclic) bond motifs is 1. The fourth-order valence-electron chi connectivity index (χ4n) is 3.72. The molecule has 0 bridgehead atoms. The van der Waals surface area contributed by atoms with Gasteiger partial charge >= 0.3 is 0 Å². The first-order chi connectivity index (χ1) is 15.5. The van der Waals surface area contributed by atoms with Gasteiger partial charge in [-0.05, 0) is 36.9 Å². The molecule has 6 nitrogen and oxygen atoms in total. The normalized spacial score (nSPS) is 12.7. The standard InChI is InChI=1S/C25H23ClN4O2/c1-27-23(25(32)28-2)16-8-11-18(12-9-16)29-22(15-6-4-3-5-7-15)21-19-13-10-17(26)14-20(19)30-24(21)31/h3-14,23,27,30-31H,1-2H3,(H,28,32). The number of aromatic hydroxyl groups is 1. The van der Waals surface area contributed by atoms with Crippen LogP contribution in [0.2, 0.25) is 5.02 Å². The molecule has 0 saturated heterocycles. The second kappa shape index (κ2) is 9.26. The molecule has 1 amide bonds. The van der Waals surface area contributed by atoms with Crippen molar-refractivity contribution >= 4 is 39.8 Å². The lowest BCUT2D eigenvalue weighted by Gasteiger charge is -2.15. The lowest BCUT2D eigenvalue weighted by Crippen LogP contribution is -2.33. The molecule has 4 aromatic rings. The number of aromatic nitrogens is 1. The Hall–Kier alpha value is -3.61. The largest absolute Gasteiger partial charge is 0.494 e. The number of carbonyl (C=O) groups excluding carboxylic acids is 1. The van der Waals surface area contributed by atoms with Crippen molar-refractivity contribution in [1.82, 2.24) is 15.6 Å². The van der Waals surface area contributed by atoms with Crippen LogP contribution >= 0.6 is 11.6 Å². The van der Waals surface area contributed by atoms with Crippen molar-refractivity contribution < 1.29 is 9.90 Å². The van der Waals surface area contributed by atoms with E-state index in [-0.39, 0.29) is 11.8 Å². The lowest BCUT2D eigenvalue weighted by molar-refractivity contribution is -0.122. The highest BCUT2D eigenvalue weighted by atomic mass is 35.5. The smallest absolute Gasteiger partial charge is 0.241 e. The van der Waals surface area contributed by atoms with Crippen LogP contribution < -0.4 is 10.6 Å². The van der Waals surface area contributed by atoms with Gasteiger partial charge in [-0.2, -0.15) is 0 Å². The Morgan fingerprint density at radius 3 is 2.41 bits per heavy atom. The van der Waals surface area contributed by atoms with E-state index in [4.69, 9.17) is 16.6 Å². The monoisotopic (exact) mass is 446 g/mol. The summed E-state index contributed by atoms with van der Waals surface area (Å²) in [5.41, 5.74) is 4.35. The Balaban J connectivity index is 1.83. The summed E-state index contributed by atoms with van der Waals surface area (Å²) in [7, 11) is 3.35. The second-order valence-electron chi connectivity index (χ2n) is 7.29. The molecule has 0 aliphatic carbocycles. The van der Waals surface area contributed by atoms with Crippen LogP contribution in [-0.2, 0) is 4.79 Å². The number of hydrogen-bond acceptors (Lipinski definition) is 4. The summed E-state index contributed by atoms with van der Waals surface area (Å²) in [4.78, 5) is 20.0. The molecule has 162 valence electrons. The van der Waals surface area contributed by atoms with E-state index in [1.807, 2.05) is 60.7 Å². The summed E-state index contributed by atoms with van der Waals surface area (Å²) in [6.07, 6.45) is 0. The Bertz CT molecular complexity index is 1280. The van der Waals surface area contributed by atoms with Crippen LogP contribution in [-0.4, -0.2) is 35.8 Å². The minimum absolute atomic E-state index is 0.0244. The van der Waals surface area contributed by atoms with Crippen LogP contribution in [0.3, 0.4) is 0 Å². The molecule has 4 N–H and O–H groups in total. The summed E-state index contributed by atoms with van der Waals surface area (Å²) in [5, 5.41) is 17.8. The van der Waals surface area contributed by atoms with Crippen molar-refractivity contribution in [3.8, 4) is 5.88 Å². The molecular weight excluding hydrogens is 424 g/mol. The highest BCUT2D eigenvalue weighted by Gasteiger charge is 2.20. The minimum atomic E-state index is -0.450. The highest BCUT2D eigenvalue weighted by molar-refractivity contribution is 6.31. The van der Waals surface area contributed by atoms with Crippen molar-refractivity contribution in [2.75, 3.05) is 14.1 Å². The zero-order valence-electron chi connectivity index (χ0n) is 17.7. The van der Waals surface area contributed by atoms with Crippen LogP contribution in [0.15, 0.2) is 77.8 Å². The molecule has 0 saturated carbocycles. The van der Waals surface area contributed by atoms with Gasteiger partial charge in [-0.3, -0.25) is 4.79 Å². The van der Waals surface area contributed by atoms with Gasteiger partial charge in [0.15, 0.2) is 5.88 Å². The van der Waals surface area contributed by atoms with Crippen molar-refractivity contribution in [2.24, 2.45) is 4.99 Å². The second-order valence-corrected chi connectivity index (χ2v) is 7.73. The SMILES string of the molecule is CNC(=O)C(NC)c1ccc(N=C(c2ccccc2)c2c(O)[nH]c3cc(Cl)ccc23)cc1. The maximum Gasteiger partial charge on any atom is 0.241 e. The Labute approximate surface area is 191 Å². The lowest BCUT2D eigenvalue weighted by atomic mass is 10.0. The summed E-state index contributed by atoms with van der Waals surface area (Å²) in [5.74, 6) is -0.0903. The first-order valence-electron chi connectivity index (χ1n) is 10.2. The van der Waals surface area contributed by atoms with Crippen LogP contribution in [0.1, 0.15) is 22.7 Å². The number of carbonyl (C=O) groups is 1. The maximum atomic E-state index is 12.1. The Morgan fingerprint density at radius 1 is 1.03 bits per heavy atom. The molecule has 0 radical (unpaired) electrons. The van der Waals surface area contributed by atoms with Crippen molar-refractivity contribution in [3.05, 3.63) is 94.5 Å². The van der Waals surface area contributed by atoms with Crippen LogP contribution in [0, 0.1) is 0 Å². The molecular formula is C25H23ClN4O2. The number of aromatic amines is 1. The number of halogens is 1. The quantitative estimate of drug-likeness (QED) is 0.323. The van der Waals surface area contributed by atoms with E-state index in [0.717, 1.165) is 22.0 Å². The Morgan fingerprint density at radius 2 is 1.75 bits per heavy atom. The molecule has 1 atom stereocenters. The van der Waals surface area contributed by atoms with Gasteiger partial charge in [0.05, 0.1) is 22.5 Å². The summed E-state index contributed by atoms with van der Waals surface area (Å²) >= 11 is 6.13. The molecule has 1 aromatic heterocycles. The number of rotatable bonds is 6. The van der Waals surface area contributed by atoms with Gasteiger partial charge in [-0.1, -0.05) is 60.1 Å². The zero-order valence-corrected chi connectivity index (χ0v) is 18.4. The fraction of sp³-hybridized carbons (Fsp3) is 0.120. The molecule has 32 heavy (non-hydrogen) atoms. The zero-order chi connectivity index (χ0) is 22.7. The Kier molecular flexibility index (Phi) is 6.25. The van der Waals surface area contributed by atoms with Gasteiger partial charge in [0.25, 0.3) is 0 Å². The van der Waals surface area contributed by atoms with Crippen molar-refractivity contribution in [3.63, 3.8) is 0 Å². The topological polar surface area (TPSA) is 89.5 Å². The van der Waals surface area contributed by atoms with Gasteiger partial charge < -0.3 is 20.7 Å². The van der Waals surface area contributed by atoms with Gasteiger partial charge in [-0.25, -0.2) is 4.99 Å². The third-order valence-electron chi connectivity index (χ3n) is 5.29. The minimum Gasteiger partial charge on any atom is -0.494 e. The average molecular weight is 447 g/mol. The van der Waals surface area contributed by atoms with E-state index in [0.29, 0.717) is 22.0 Å². The number of hydrogen-bond donors (Lipinski definition) is 4. The maximum absolute atomic E-state index is 12.1. The molecule has 1 unspecified atom stereocenters. The molecule has 0 fully saturated rings. The van der Waals surface area contributed by atoms with E-state index in [1.165, 1.54) is 0 Å². The number of nitrogens with zero attached hydrogens (tertiary/aromatic N) is 1. The van der Waals surface area contributed by atoms with Gasteiger partial charge in [0.2, 0.25) is 5.91 Å². The van der Waals surface area contributed by atoms with E-state index in [9.17, 15) is 9.90 Å². The molecule has 7 heteroatoms. The first kappa shape index (κ1) is 21.6. The predicted octanol–water partition coefficient (Wildman–Crippen LogP) is 4.70. The predicted molar refractivity (Wildman–Crippen MR) is 129 cm³/mol. The third kappa shape index (κ3) is 4.23. The average Bonchev–Trinajstić information content (AvgIpc) is 3.13. The molecule has 1 heterocycles. The summed E-state index contributed by atoms with van der Waals surface area (Å²) in [6.45, 7) is 0. The number of likely N-dealkylation sites (N-methyl/N-ethyl adjacent to an activating group) is 2. The number of aliphatic imine (C=N–C) groups is 1. The molecule has 0 aliphatic heterocycles. The van der Waals surface area contributed by atoms with Crippen LogP contribution in [0.5, 0.6) is 5.88 Å². The van der Waals surface area contributed by atoms with E-state index < -0.39 is 6.04 Å². The van der Waals surface area contributed by atoms with E-state index in [1.54, 1.807) is 26.2 Å².